The third-order valence-electron chi connectivity index (χ3n) is 4.18. The first-order chi connectivity index (χ1) is 10.2. The molecule has 1 fully saturated rings. The highest BCUT2D eigenvalue weighted by atomic mass is 16.5. The fraction of sp³-hybridized carbons (Fsp3) is 0.647. The molecule has 1 aliphatic rings. The predicted molar refractivity (Wildman–Crippen MR) is 86.7 cm³/mol. The van der Waals surface area contributed by atoms with Gasteiger partial charge in [-0.1, -0.05) is 25.5 Å². The lowest BCUT2D eigenvalue weighted by Crippen LogP contribution is -2.45. The van der Waals surface area contributed by atoms with Crippen LogP contribution in [0.25, 0.3) is 0 Å². The molecule has 0 bridgehead atoms. The minimum atomic E-state index is -0.183. The number of benzene rings is 1. The molecule has 1 heterocycles. The van der Waals surface area contributed by atoms with Gasteiger partial charge in [-0.25, -0.2) is 0 Å². The molecule has 118 valence electrons. The first-order valence-electron chi connectivity index (χ1n) is 7.94. The van der Waals surface area contributed by atoms with Crippen LogP contribution >= 0.6 is 0 Å². The average Bonchev–Trinajstić information content (AvgIpc) is 2.55. The van der Waals surface area contributed by atoms with E-state index in [2.05, 4.69) is 48.3 Å². The van der Waals surface area contributed by atoms with Gasteiger partial charge in [0.15, 0.2) is 0 Å². The van der Waals surface area contributed by atoms with Crippen LogP contribution in [0.3, 0.4) is 0 Å². The van der Waals surface area contributed by atoms with Crippen LogP contribution in [0.1, 0.15) is 32.3 Å². The Balaban J connectivity index is 1.90. The van der Waals surface area contributed by atoms with Crippen molar-refractivity contribution in [1.29, 1.82) is 0 Å². The topological polar surface area (TPSA) is 44.7 Å². The Bertz CT molecular complexity index is 415. The molecule has 4 nitrogen and oxygen atoms in total. The zero-order valence-corrected chi connectivity index (χ0v) is 13.3. The minimum absolute atomic E-state index is 0.173. The van der Waals surface area contributed by atoms with Gasteiger partial charge in [-0.05, 0) is 31.0 Å². The van der Waals surface area contributed by atoms with Crippen LogP contribution in [0.15, 0.2) is 24.3 Å². The zero-order chi connectivity index (χ0) is 15.1. The number of morpholine rings is 1. The van der Waals surface area contributed by atoms with Gasteiger partial charge in [0.2, 0.25) is 0 Å². The Morgan fingerprint density at radius 2 is 1.90 bits per heavy atom. The molecule has 2 N–H and O–H groups in total. The van der Waals surface area contributed by atoms with Gasteiger partial charge in [-0.3, -0.25) is 0 Å². The van der Waals surface area contributed by atoms with Crippen molar-refractivity contribution in [3.05, 3.63) is 29.8 Å². The number of nitrogens with one attached hydrogen (secondary N) is 1. The largest absolute Gasteiger partial charge is 0.394 e. The number of ether oxygens (including phenoxy) is 1. The summed E-state index contributed by atoms with van der Waals surface area (Å²) in [6.07, 6.45) is 2.05. The minimum Gasteiger partial charge on any atom is -0.394 e. The molecule has 1 aromatic rings. The standard InChI is InChI=1S/C17H28N2O2/c1-3-8-17(2,14-20)18-13-15-4-6-16(7-5-15)19-9-11-21-12-10-19/h4-7,18,20H,3,8-14H2,1-2H3. The lowest BCUT2D eigenvalue weighted by atomic mass is 9.97. The van der Waals surface area contributed by atoms with Crippen molar-refractivity contribution in [2.45, 2.75) is 38.8 Å². The monoisotopic (exact) mass is 292 g/mol. The Kier molecular flexibility index (Phi) is 6.03. The van der Waals surface area contributed by atoms with Gasteiger partial charge in [-0.2, -0.15) is 0 Å². The lowest BCUT2D eigenvalue weighted by molar-refractivity contribution is 0.122. The summed E-state index contributed by atoms with van der Waals surface area (Å²) in [6, 6.07) is 8.69. The molecule has 21 heavy (non-hydrogen) atoms. The highest BCUT2D eigenvalue weighted by Crippen LogP contribution is 2.18. The molecule has 0 aromatic heterocycles. The van der Waals surface area contributed by atoms with Crippen molar-refractivity contribution >= 4 is 5.69 Å². The summed E-state index contributed by atoms with van der Waals surface area (Å²) < 4.78 is 5.38. The van der Waals surface area contributed by atoms with E-state index < -0.39 is 0 Å². The van der Waals surface area contributed by atoms with E-state index >= 15 is 0 Å². The maximum absolute atomic E-state index is 9.53. The van der Waals surface area contributed by atoms with E-state index in [1.54, 1.807) is 0 Å². The summed E-state index contributed by atoms with van der Waals surface area (Å²) in [6.45, 7) is 8.76. The van der Waals surface area contributed by atoms with Crippen molar-refractivity contribution < 1.29 is 9.84 Å². The molecule has 0 amide bonds. The smallest absolute Gasteiger partial charge is 0.0642 e. The Labute approximate surface area is 128 Å². The Hall–Kier alpha value is -1.10. The average molecular weight is 292 g/mol. The van der Waals surface area contributed by atoms with Crippen molar-refractivity contribution in [2.75, 3.05) is 37.8 Å². The molecule has 1 unspecified atom stereocenters. The SMILES string of the molecule is CCCC(C)(CO)NCc1ccc(N2CCOCC2)cc1. The number of aliphatic hydroxyl groups excluding tert-OH is 1. The van der Waals surface area contributed by atoms with Crippen molar-refractivity contribution in [2.24, 2.45) is 0 Å². The predicted octanol–water partition coefficient (Wildman–Crippen LogP) is 2.16. The lowest BCUT2D eigenvalue weighted by Gasteiger charge is -2.30. The van der Waals surface area contributed by atoms with Gasteiger partial charge in [0.25, 0.3) is 0 Å². The molecular weight excluding hydrogens is 264 g/mol. The fourth-order valence-electron chi connectivity index (χ4n) is 2.74. The van der Waals surface area contributed by atoms with Crippen LogP contribution in [0.2, 0.25) is 0 Å². The molecule has 2 rings (SSSR count). The van der Waals surface area contributed by atoms with E-state index in [1.165, 1.54) is 11.3 Å². The van der Waals surface area contributed by atoms with E-state index in [1.807, 2.05) is 0 Å². The second kappa shape index (κ2) is 7.78. The molecule has 1 saturated heterocycles. The molecule has 1 aromatic carbocycles. The molecule has 4 heteroatoms. The van der Waals surface area contributed by atoms with Gasteiger partial charge >= 0.3 is 0 Å². The van der Waals surface area contributed by atoms with Gasteiger partial charge in [0, 0.05) is 30.9 Å². The van der Waals surface area contributed by atoms with E-state index in [-0.39, 0.29) is 12.1 Å². The zero-order valence-electron chi connectivity index (χ0n) is 13.3. The van der Waals surface area contributed by atoms with E-state index in [4.69, 9.17) is 4.74 Å². The molecule has 0 spiro atoms. The number of hydrogen-bond acceptors (Lipinski definition) is 4. The number of rotatable bonds is 7. The normalized spacial score (nSPS) is 18.5. The van der Waals surface area contributed by atoms with Gasteiger partial charge in [0.1, 0.15) is 0 Å². The summed E-state index contributed by atoms with van der Waals surface area (Å²) in [5.74, 6) is 0. The van der Waals surface area contributed by atoms with Crippen LogP contribution < -0.4 is 10.2 Å². The number of anilines is 1. The van der Waals surface area contributed by atoms with E-state index in [0.29, 0.717) is 0 Å². The Morgan fingerprint density at radius 3 is 2.48 bits per heavy atom. The summed E-state index contributed by atoms with van der Waals surface area (Å²) in [4.78, 5) is 2.36. The maximum atomic E-state index is 9.53. The maximum Gasteiger partial charge on any atom is 0.0642 e. The molecule has 0 aliphatic carbocycles. The second-order valence-electron chi connectivity index (χ2n) is 6.09. The van der Waals surface area contributed by atoms with Gasteiger partial charge in [-0.15, -0.1) is 0 Å². The first kappa shape index (κ1) is 16.3. The summed E-state index contributed by atoms with van der Waals surface area (Å²) in [5.41, 5.74) is 2.33. The molecule has 0 radical (unpaired) electrons. The van der Waals surface area contributed by atoms with Crippen molar-refractivity contribution in [3.8, 4) is 0 Å². The number of aliphatic hydroxyl groups is 1. The van der Waals surface area contributed by atoms with Gasteiger partial charge < -0.3 is 20.1 Å². The van der Waals surface area contributed by atoms with Crippen LogP contribution in [0.5, 0.6) is 0 Å². The first-order valence-corrected chi connectivity index (χ1v) is 7.94. The molecule has 1 atom stereocenters. The fourth-order valence-corrected chi connectivity index (χ4v) is 2.74. The third-order valence-corrected chi connectivity index (χ3v) is 4.18. The summed E-state index contributed by atoms with van der Waals surface area (Å²) in [5, 5.41) is 13.0. The summed E-state index contributed by atoms with van der Waals surface area (Å²) in [7, 11) is 0. The highest BCUT2D eigenvalue weighted by Gasteiger charge is 2.21. The van der Waals surface area contributed by atoms with E-state index in [0.717, 1.165) is 45.7 Å². The van der Waals surface area contributed by atoms with Crippen LogP contribution in [0.4, 0.5) is 5.69 Å². The summed E-state index contributed by atoms with van der Waals surface area (Å²) >= 11 is 0. The van der Waals surface area contributed by atoms with Crippen LogP contribution in [-0.2, 0) is 11.3 Å². The van der Waals surface area contributed by atoms with Crippen LogP contribution in [-0.4, -0.2) is 43.6 Å². The third kappa shape index (κ3) is 4.70. The molecular formula is C17H28N2O2. The van der Waals surface area contributed by atoms with Crippen molar-refractivity contribution in [3.63, 3.8) is 0 Å². The molecule has 0 saturated carbocycles. The van der Waals surface area contributed by atoms with E-state index in [9.17, 15) is 5.11 Å². The van der Waals surface area contributed by atoms with Crippen LogP contribution in [0, 0.1) is 0 Å². The number of nitrogens with zero attached hydrogens (tertiary/aromatic N) is 1. The number of hydrogen-bond donors (Lipinski definition) is 2. The second-order valence-corrected chi connectivity index (χ2v) is 6.09. The Morgan fingerprint density at radius 1 is 1.24 bits per heavy atom. The van der Waals surface area contributed by atoms with Gasteiger partial charge in [0.05, 0.1) is 19.8 Å². The highest BCUT2D eigenvalue weighted by molar-refractivity contribution is 5.47. The quantitative estimate of drug-likeness (QED) is 0.808. The molecule has 1 aliphatic heterocycles. The van der Waals surface area contributed by atoms with Crippen molar-refractivity contribution in [1.82, 2.24) is 5.32 Å².